The quantitative estimate of drug-likeness (QED) is 0.768. The number of aromatic carboxylic acids is 1. The average molecular weight is 244 g/mol. The Balaban J connectivity index is 2.73. The predicted molar refractivity (Wildman–Crippen MR) is 65.3 cm³/mol. The maximum absolute atomic E-state index is 11.0. The number of unbranched alkanes of at least 4 members (excludes halogenated alkanes) is 2. The molecular formula is C12H18ClNO2. The molecule has 1 N–H and O–H groups in total. The summed E-state index contributed by atoms with van der Waals surface area (Å²) in [5.41, 5.74) is 0.272. The third-order valence-corrected chi connectivity index (χ3v) is 2.94. The van der Waals surface area contributed by atoms with Crippen LogP contribution in [0.15, 0.2) is 12.3 Å². The predicted octanol–water partition coefficient (Wildman–Crippen LogP) is 3.98. The van der Waals surface area contributed by atoms with Gasteiger partial charge in [-0.25, -0.2) is 4.79 Å². The lowest BCUT2D eigenvalue weighted by Crippen LogP contribution is -2.11. The molecule has 16 heavy (non-hydrogen) atoms. The first-order valence-corrected chi connectivity index (χ1v) is 6.04. The number of hydrogen-bond acceptors (Lipinski definition) is 1. The molecule has 4 heteroatoms. The van der Waals surface area contributed by atoms with Gasteiger partial charge in [-0.3, -0.25) is 0 Å². The number of nitrogens with zero attached hydrogens (tertiary/aromatic N) is 1. The first-order chi connectivity index (χ1) is 7.56. The van der Waals surface area contributed by atoms with Crippen molar-refractivity contribution in [1.82, 2.24) is 4.57 Å². The minimum atomic E-state index is -0.922. The minimum absolute atomic E-state index is 0.185. The number of halogens is 1. The fraction of sp³-hybridized carbons (Fsp3) is 0.583. The lowest BCUT2D eigenvalue weighted by Gasteiger charge is -2.15. The fourth-order valence-corrected chi connectivity index (χ4v) is 2.02. The van der Waals surface area contributed by atoms with Crippen molar-refractivity contribution in [3.63, 3.8) is 0 Å². The first-order valence-electron chi connectivity index (χ1n) is 5.67. The van der Waals surface area contributed by atoms with Gasteiger partial charge in [0.2, 0.25) is 0 Å². The zero-order valence-electron chi connectivity index (χ0n) is 9.74. The summed E-state index contributed by atoms with van der Waals surface area (Å²) in [5.74, 6) is -0.922. The summed E-state index contributed by atoms with van der Waals surface area (Å²) in [4.78, 5) is 11.0. The largest absolute Gasteiger partial charge is 0.477 e. The van der Waals surface area contributed by atoms with Crippen LogP contribution in [0.1, 0.15) is 56.1 Å². The number of rotatable bonds is 6. The maximum atomic E-state index is 11.0. The van der Waals surface area contributed by atoms with E-state index in [1.54, 1.807) is 10.8 Å². The molecule has 1 aromatic heterocycles. The SMILES string of the molecule is CCCCCC(C)n1cc(Cl)cc1C(=O)O. The Hall–Kier alpha value is -0.960. The minimum Gasteiger partial charge on any atom is -0.477 e. The van der Waals surface area contributed by atoms with Gasteiger partial charge in [-0.15, -0.1) is 0 Å². The molecule has 0 aliphatic rings. The van der Waals surface area contributed by atoms with Gasteiger partial charge in [0, 0.05) is 12.2 Å². The van der Waals surface area contributed by atoms with Crippen molar-refractivity contribution >= 4 is 17.6 Å². The normalized spacial score (nSPS) is 12.7. The second kappa shape index (κ2) is 5.94. The summed E-state index contributed by atoms with van der Waals surface area (Å²) >= 11 is 5.83. The zero-order chi connectivity index (χ0) is 12.1. The van der Waals surface area contributed by atoms with Crippen LogP contribution in [0.3, 0.4) is 0 Å². The van der Waals surface area contributed by atoms with Crippen LogP contribution in [0.4, 0.5) is 0 Å². The average Bonchev–Trinajstić information content (AvgIpc) is 2.61. The molecule has 0 amide bonds. The molecule has 0 aliphatic carbocycles. The van der Waals surface area contributed by atoms with Crippen LogP contribution in [-0.2, 0) is 0 Å². The van der Waals surface area contributed by atoms with Gasteiger partial charge in [-0.2, -0.15) is 0 Å². The van der Waals surface area contributed by atoms with Gasteiger partial charge in [-0.1, -0.05) is 37.8 Å². The molecule has 1 aromatic rings. The van der Waals surface area contributed by atoms with E-state index in [0.717, 1.165) is 12.8 Å². The Labute approximate surface area is 101 Å². The first kappa shape index (κ1) is 13.1. The second-order valence-electron chi connectivity index (χ2n) is 4.10. The number of carboxylic acid groups (broad SMARTS) is 1. The van der Waals surface area contributed by atoms with E-state index in [1.807, 2.05) is 6.92 Å². The van der Waals surface area contributed by atoms with Crippen molar-refractivity contribution in [3.05, 3.63) is 23.0 Å². The Morgan fingerprint density at radius 3 is 2.81 bits per heavy atom. The van der Waals surface area contributed by atoms with Crippen molar-refractivity contribution in [2.24, 2.45) is 0 Å². The van der Waals surface area contributed by atoms with Gasteiger partial charge >= 0.3 is 5.97 Å². The molecule has 0 saturated heterocycles. The number of carboxylic acids is 1. The monoisotopic (exact) mass is 243 g/mol. The molecule has 1 rings (SSSR count). The molecule has 0 fully saturated rings. The van der Waals surface area contributed by atoms with Crippen LogP contribution in [0.2, 0.25) is 5.02 Å². The summed E-state index contributed by atoms with van der Waals surface area (Å²) in [5, 5.41) is 9.51. The molecule has 1 atom stereocenters. The van der Waals surface area contributed by atoms with Gasteiger partial charge < -0.3 is 9.67 Å². The summed E-state index contributed by atoms with van der Waals surface area (Å²) in [6.45, 7) is 4.18. The summed E-state index contributed by atoms with van der Waals surface area (Å²) < 4.78 is 1.75. The van der Waals surface area contributed by atoms with E-state index in [4.69, 9.17) is 16.7 Å². The Bertz CT molecular complexity index is 360. The van der Waals surface area contributed by atoms with Crippen LogP contribution in [-0.4, -0.2) is 15.6 Å². The van der Waals surface area contributed by atoms with E-state index in [2.05, 4.69) is 6.92 Å². The lowest BCUT2D eigenvalue weighted by molar-refractivity contribution is 0.0682. The molecule has 1 heterocycles. The standard InChI is InChI=1S/C12H18ClNO2/c1-3-4-5-6-9(2)14-8-10(13)7-11(14)12(15)16/h7-9H,3-6H2,1-2H3,(H,15,16). The summed E-state index contributed by atoms with van der Waals surface area (Å²) in [7, 11) is 0. The van der Waals surface area contributed by atoms with E-state index >= 15 is 0 Å². The van der Waals surface area contributed by atoms with Crippen molar-refractivity contribution in [2.45, 2.75) is 45.6 Å². The van der Waals surface area contributed by atoms with Crippen molar-refractivity contribution in [3.8, 4) is 0 Å². The summed E-state index contributed by atoms with van der Waals surface area (Å²) in [6.07, 6.45) is 6.15. The molecule has 0 aliphatic heterocycles. The lowest BCUT2D eigenvalue weighted by atomic mass is 10.1. The highest BCUT2D eigenvalue weighted by atomic mass is 35.5. The molecule has 3 nitrogen and oxygen atoms in total. The molecule has 0 bridgehead atoms. The van der Waals surface area contributed by atoms with Crippen LogP contribution in [0.25, 0.3) is 0 Å². The van der Waals surface area contributed by atoms with Crippen molar-refractivity contribution in [2.75, 3.05) is 0 Å². The molecule has 1 unspecified atom stereocenters. The van der Waals surface area contributed by atoms with Gasteiger partial charge in [0.1, 0.15) is 5.69 Å². The summed E-state index contributed by atoms with van der Waals surface area (Å²) in [6, 6.07) is 1.69. The van der Waals surface area contributed by atoms with Gasteiger partial charge in [0.05, 0.1) is 5.02 Å². The van der Waals surface area contributed by atoms with E-state index in [-0.39, 0.29) is 11.7 Å². The highest BCUT2D eigenvalue weighted by molar-refractivity contribution is 6.30. The smallest absolute Gasteiger partial charge is 0.352 e. The Morgan fingerprint density at radius 1 is 1.56 bits per heavy atom. The van der Waals surface area contributed by atoms with Crippen LogP contribution >= 0.6 is 11.6 Å². The third kappa shape index (κ3) is 3.27. The van der Waals surface area contributed by atoms with Gasteiger partial charge in [0.15, 0.2) is 0 Å². The highest BCUT2D eigenvalue weighted by Gasteiger charge is 2.15. The number of carbonyl (C=O) groups is 1. The van der Waals surface area contributed by atoms with Crippen molar-refractivity contribution < 1.29 is 9.90 Å². The zero-order valence-corrected chi connectivity index (χ0v) is 10.5. The fourth-order valence-electron chi connectivity index (χ4n) is 1.81. The van der Waals surface area contributed by atoms with Crippen molar-refractivity contribution in [1.29, 1.82) is 0 Å². The molecule has 0 aromatic carbocycles. The van der Waals surface area contributed by atoms with E-state index in [0.29, 0.717) is 5.02 Å². The molecule has 90 valence electrons. The number of aromatic nitrogens is 1. The van der Waals surface area contributed by atoms with Crippen LogP contribution in [0, 0.1) is 0 Å². The molecule has 0 spiro atoms. The Kier molecular flexibility index (Phi) is 4.87. The van der Waals surface area contributed by atoms with Crippen LogP contribution in [0.5, 0.6) is 0 Å². The van der Waals surface area contributed by atoms with Gasteiger partial charge in [-0.05, 0) is 19.4 Å². The number of hydrogen-bond donors (Lipinski definition) is 1. The third-order valence-electron chi connectivity index (χ3n) is 2.73. The van der Waals surface area contributed by atoms with Crippen LogP contribution < -0.4 is 0 Å². The van der Waals surface area contributed by atoms with Gasteiger partial charge in [0.25, 0.3) is 0 Å². The second-order valence-corrected chi connectivity index (χ2v) is 4.54. The topological polar surface area (TPSA) is 42.2 Å². The van der Waals surface area contributed by atoms with E-state index in [9.17, 15) is 4.79 Å². The maximum Gasteiger partial charge on any atom is 0.352 e. The van der Waals surface area contributed by atoms with E-state index < -0.39 is 5.97 Å². The molecule has 0 radical (unpaired) electrons. The molecular weight excluding hydrogens is 226 g/mol. The molecule has 0 saturated carbocycles. The van der Waals surface area contributed by atoms with E-state index in [1.165, 1.54) is 18.9 Å². The highest BCUT2D eigenvalue weighted by Crippen LogP contribution is 2.22. The Morgan fingerprint density at radius 2 is 2.25 bits per heavy atom.